The maximum atomic E-state index is 13.5. The predicted octanol–water partition coefficient (Wildman–Crippen LogP) is 2.39. The summed E-state index contributed by atoms with van der Waals surface area (Å²) in [6.45, 7) is 1.36. The summed E-state index contributed by atoms with van der Waals surface area (Å²) in [6.07, 6.45) is 7.91. The van der Waals surface area contributed by atoms with Crippen molar-refractivity contribution >= 4 is 43.7 Å². The van der Waals surface area contributed by atoms with Crippen LogP contribution in [0.5, 0.6) is 0 Å². The van der Waals surface area contributed by atoms with Crippen LogP contribution in [0.25, 0.3) is 11.6 Å². The van der Waals surface area contributed by atoms with Crippen LogP contribution in [0, 0.1) is 5.82 Å². The fraction of sp³-hybridized carbons (Fsp3) is 0.150. The molecule has 0 radical (unpaired) electrons. The summed E-state index contributed by atoms with van der Waals surface area (Å²) in [5.41, 5.74) is 2.19. The summed E-state index contributed by atoms with van der Waals surface area (Å²) in [4.78, 5) is 30.4. The van der Waals surface area contributed by atoms with Crippen molar-refractivity contribution in [3.8, 4) is 0 Å². The molecule has 2 N–H and O–H groups in total. The molecular weight excluding hydrogens is 426 g/mol. The first kappa shape index (κ1) is 18.4. The van der Waals surface area contributed by atoms with E-state index in [1.165, 1.54) is 12.1 Å². The summed E-state index contributed by atoms with van der Waals surface area (Å²) in [5.74, 6) is -0.765. The molecule has 3 heterocycles. The van der Waals surface area contributed by atoms with E-state index in [1.807, 2.05) is 15.7 Å². The number of carbonyl (C=O) groups excluding carboxylic acids is 2. The Balaban J connectivity index is 1.40. The molecule has 0 aliphatic carbocycles. The first-order valence-electron chi connectivity index (χ1n) is 8.75. The van der Waals surface area contributed by atoms with Crippen molar-refractivity contribution in [3.63, 3.8) is 0 Å². The second-order valence-corrected chi connectivity index (χ2v) is 8.33. The van der Waals surface area contributed by atoms with Gasteiger partial charge in [-0.05, 0) is 0 Å². The van der Waals surface area contributed by atoms with Gasteiger partial charge >= 0.3 is 167 Å². The van der Waals surface area contributed by atoms with Crippen molar-refractivity contribution in [2.75, 3.05) is 11.9 Å². The van der Waals surface area contributed by atoms with Crippen LogP contribution in [0.1, 0.15) is 26.8 Å². The fourth-order valence-electron chi connectivity index (χ4n) is 2.98. The number of halogens is 1. The fourth-order valence-corrected chi connectivity index (χ4v) is 4.70. The van der Waals surface area contributed by atoms with Crippen LogP contribution in [0.2, 0.25) is 0 Å². The Morgan fingerprint density at radius 2 is 2.25 bits per heavy atom. The summed E-state index contributed by atoms with van der Waals surface area (Å²) >= 11 is -0.0488. The molecule has 0 bridgehead atoms. The van der Waals surface area contributed by atoms with Crippen LogP contribution in [0.3, 0.4) is 0 Å². The van der Waals surface area contributed by atoms with Gasteiger partial charge in [0.05, 0.1) is 0 Å². The van der Waals surface area contributed by atoms with Gasteiger partial charge in [0.25, 0.3) is 0 Å². The standard InChI is InChI=1S/C20H17FN4O2Se/c21-14-2-3-18-16(9-14)17(20(27)24-18)10-15-8-13(11-28-15)19(26)23-4-1-6-25-7-5-22-12-25/h2-3,5,7-12H,1,4,6H2,(H,23,26)(H,24,27). The molecule has 1 aromatic carbocycles. The minimum absolute atomic E-state index is 0.0488. The molecule has 8 heteroatoms. The summed E-state index contributed by atoms with van der Waals surface area (Å²) in [7, 11) is 0. The van der Waals surface area contributed by atoms with Crippen molar-refractivity contribution in [2.24, 2.45) is 0 Å². The minimum atomic E-state index is -0.388. The number of imidazole rings is 1. The molecule has 0 spiro atoms. The van der Waals surface area contributed by atoms with E-state index >= 15 is 0 Å². The van der Waals surface area contributed by atoms with E-state index in [0.717, 1.165) is 17.4 Å². The van der Waals surface area contributed by atoms with Crippen LogP contribution in [0.4, 0.5) is 10.1 Å². The number of aryl methyl sites for hydroxylation is 1. The Hall–Kier alpha value is -2.96. The normalized spacial score (nSPS) is 14.2. The average Bonchev–Trinajstić information content (AvgIpc) is 3.41. The van der Waals surface area contributed by atoms with E-state index in [9.17, 15) is 14.0 Å². The molecule has 0 saturated heterocycles. The number of rotatable bonds is 6. The van der Waals surface area contributed by atoms with E-state index < -0.39 is 0 Å². The molecule has 0 atom stereocenters. The van der Waals surface area contributed by atoms with Crippen molar-refractivity contribution in [2.45, 2.75) is 13.0 Å². The molecule has 1 aliphatic heterocycles. The van der Waals surface area contributed by atoms with Crippen LogP contribution < -0.4 is 10.6 Å². The van der Waals surface area contributed by atoms with Crippen molar-refractivity contribution in [1.82, 2.24) is 14.9 Å². The van der Waals surface area contributed by atoms with Crippen LogP contribution in [-0.4, -0.2) is 42.4 Å². The monoisotopic (exact) mass is 444 g/mol. The number of anilines is 1. The molecule has 2 amide bonds. The van der Waals surface area contributed by atoms with E-state index in [1.54, 1.807) is 30.7 Å². The van der Waals surface area contributed by atoms with Gasteiger partial charge in [0.15, 0.2) is 0 Å². The van der Waals surface area contributed by atoms with Crippen molar-refractivity contribution in [3.05, 3.63) is 69.3 Å². The number of hydrogen-bond donors (Lipinski definition) is 2. The molecule has 0 unspecified atom stereocenters. The Morgan fingerprint density at radius 1 is 1.36 bits per heavy atom. The van der Waals surface area contributed by atoms with Crippen LogP contribution >= 0.6 is 0 Å². The number of nitrogens with zero attached hydrogens (tertiary/aromatic N) is 2. The second kappa shape index (κ2) is 7.96. The van der Waals surface area contributed by atoms with Gasteiger partial charge in [0, 0.05) is 0 Å². The molecule has 0 fully saturated rings. The number of hydrogen-bond acceptors (Lipinski definition) is 3. The van der Waals surface area contributed by atoms with Gasteiger partial charge in [0.2, 0.25) is 0 Å². The number of fused-ring (bicyclic) bond motifs is 1. The Labute approximate surface area is 166 Å². The van der Waals surface area contributed by atoms with Gasteiger partial charge in [0.1, 0.15) is 0 Å². The summed E-state index contributed by atoms with van der Waals surface area (Å²) in [5, 5.41) is 5.64. The molecule has 6 nitrogen and oxygen atoms in total. The first-order chi connectivity index (χ1) is 13.6. The topological polar surface area (TPSA) is 76.0 Å². The van der Waals surface area contributed by atoms with Gasteiger partial charge < -0.3 is 0 Å². The van der Waals surface area contributed by atoms with Gasteiger partial charge in [-0.15, -0.1) is 0 Å². The number of benzene rings is 1. The molecule has 142 valence electrons. The molecule has 0 saturated carbocycles. The molecular formula is C20H17FN4O2Se. The quantitative estimate of drug-likeness (QED) is 0.349. The summed E-state index contributed by atoms with van der Waals surface area (Å²) < 4.78 is 16.4. The predicted molar refractivity (Wildman–Crippen MR) is 105 cm³/mol. The third-order valence-corrected chi connectivity index (χ3v) is 6.22. The Bertz CT molecular complexity index is 1060. The SMILES string of the molecule is O=C1Nc2ccc(F)cc2C1=Cc1cc(C(=O)NCCCn2ccnc2)c[se]1. The van der Waals surface area contributed by atoms with Gasteiger partial charge in [-0.2, -0.15) is 0 Å². The third-order valence-electron chi connectivity index (χ3n) is 4.37. The molecule has 1 aliphatic rings. The van der Waals surface area contributed by atoms with Crippen molar-refractivity contribution in [1.29, 1.82) is 0 Å². The molecule has 2 aromatic heterocycles. The first-order valence-corrected chi connectivity index (χ1v) is 10.6. The zero-order valence-corrected chi connectivity index (χ0v) is 16.5. The summed E-state index contributed by atoms with van der Waals surface area (Å²) in [6, 6.07) is 6.02. The third kappa shape index (κ3) is 3.98. The molecule has 28 heavy (non-hydrogen) atoms. The van der Waals surface area contributed by atoms with Crippen molar-refractivity contribution < 1.29 is 14.0 Å². The zero-order chi connectivity index (χ0) is 19.5. The maximum absolute atomic E-state index is 13.5. The number of aromatic nitrogens is 2. The van der Waals surface area contributed by atoms with E-state index in [2.05, 4.69) is 15.6 Å². The number of nitrogens with one attached hydrogen (secondary N) is 2. The molecule has 4 rings (SSSR count). The Kier molecular flexibility index (Phi) is 5.23. The Morgan fingerprint density at radius 3 is 3.07 bits per heavy atom. The van der Waals surface area contributed by atoms with Gasteiger partial charge in [-0.3, -0.25) is 0 Å². The van der Waals surface area contributed by atoms with Crippen LogP contribution in [-0.2, 0) is 11.3 Å². The number of amides is 2. The van der Waals surface area contributed by atoms with Gasteiger partial charge in [-0.25, -0.2) is 0 Å². The van der Waals surface area contributed by atoms with Gasteiger partial charge in [-0.1, -0.05) is 0 Å². The van der Waals surface area contributed by atoms with E-state index in [-0.39, 0.29) is 32.1 Å². The molecule has 3 aromatic rings. The average molecular weight is 443 g/mol. The van der Waals surface area contributed by atoms with E-state index in [4.69, 9.17) is 0 Å². The zero-order valence-electron chi connectivity index (χ0n) is 14.8. The second-order valence-electron chi connectivity index (χ2n) is 6.35. The van der Waals surface area contributed by atoms with E-state index in [0.29, 0.717) is 28.9 Å². The number of carbonyl (C=O) groups is 2. The van der Waals surface area contributed by atoms with Crippen LogP contribution in [0.15, 0.2) is 47.9 Å².